The van der Waals surface area contributed by atoms with Crippen LogP contribution in [-0.4, -0.2) is 16.0 Å². The van der Waals surface area contributed by atoms with Crippen LogP contribution in [0.15, 0.2) is 40.9 Å². The molecule has 7 heteroatoms. The maximum atomic E-state index is 11.2. The van der Waals surface area contributed by atoms with Crippen molar-refractivity contribution in [2.24, 2.45) is 0 Å². The average molecular weight is 352 g/mol. The fraction of sp³-hybridized carbons (Fsp3) is 0.0714. The van der Waals surface area contributed by atoms with Gasteiger partial charge in [0.2, 0.25) is 0 Å². The number of ether oxygens (including phenoxy) is 1. The molecule has 2 rings (SSSR count). The molecule has 0 heterocycles. The second-order valence-electron chi connectivity index (χ2n) is 4.26. The Bertz CT molecular complexity index is 729. The molecule has 0 saturated heterocycles. The quantitative estimate of drug-likeness (QED) is 0.659. The van der Waals surface area contributed by atoms with Crippen molar-refractivity contribution in [3.63, 3.8) is 0 Å². The van der Waals surface area contributed by atoms with Crippen molar-refractivity contribution in [3.8, 4) is 11.5 Å². The van der Waals surface area contributed by atoms with Crippen molar-refractivity contribution >= 4 is 27.6 Å². The zero-order chi connectivity index (χ0) is 15.6. The van der Waals surface area contributed by atoms with Crippen LogP contribution in [0.4, 0.5) is 5.69 Å². The zero-order valence-electron chi connectivity index (χ0n) is 10.9. The predicted octanol–water partition coefficient (Wildman–Crippen LogP) is 4.16. The summed E-state index contributed by atoms with van der Waals surface area (Å²) >= 11 is 3.16. The Balaban J connectivity index is 2.48. The third kappa shape index (κ3) is 3.38. The van der Waals surface area contributed by atoms with Crippen LogP contribution in [-0.2, 0) is 0 Å². The van der Waals surface area contributed by atoms with Crippen molar-refractivity contribution in [1.29, 1.82) is 0 Å². The molecule has 0 spiro atoms. The van der Waals surface area contributed by atoms with Crippen molar-refractivity contribution in [3.05, 3.63) is 62.1 Å². The zero-order valence-corrected chi connectivity index (χ0v) is 12.5. The number of aryl methyl sites for hydroxylation is 1. The Kier molecular flexibility index (Phi) is 4.23. The van der Waals surface area contributed by atoms with Gasteiger partial charge >= 0.3 is 5.97 Å². The molecule has 0 atom stereocenters. The lowest BCUT2D eigenvalue weighted by molar-refractivity contribution is -0.385. The van der Waals surface area contributed by atoms with Gasteiger partial charge in [0.25, 0.3) is 5.69 Å². The lowest BCUT2D eigenvalue weighted by atomic mass is 10.1. The highest BCUT2D eigenvalue weighted by atomic mass is 79.9. The first-order valence-corrected chi connectivity index (χ1v) is 6.63. The number of non-ortho nitro benzene ring substituents is 1. The van der Waals surface area contributed by atoms with Gasteiger partial charge in [-0.25, -0.2) is 4.79 Å². The standard InChI is InChI=1S/C14H10BrNO5/c1-8-3-2-4-12(14(17)18)13(8)21-11-6-9(15)5-10(7-11)16(19)20/h2-7H,1H3,(H,17,18). The van der Waals surface area contributed by atoms with Gasteiger partial charge in [0, 0.05) is 10.5 Å². The number of para-hydroxylation sites is 1. The molecule has 0 aliphatic heterocycles. The Morgan fingerprint density at radius 3 is 2.67 bits per heavy atom. The highest BCUT2D eigenvalue weighted by Crippen LogP contribution is 2.33. The van der Waals surface area contributed by atoms with E-state index in [1.807, 2.05) is 0 Å². The smallest absolute Gasteiger partial charge is 0.339 e. The molecular weight excluding hydrogens is 342 g/mol. The molecule has 0 saturated carbocycles. The molecule has 0 aromatic heterocycles. The van der Waals surface area contributed by atoms with Crippen molar-refractivity contribution in [1.82, 2.24) is 0 Å². The van der Waals surface area contributed by atoms with Crippen LogP contribution < -0.4 is 4.74 Å². The van der Waals surface area contributed by atoms with E-state index in [0.29, 0.717) is 10.0 Å². The van der Waals surface area contributed by atoms with Crippen LogP contribution in [0.5, 0.6) is 11.5 Å². The second-order valence-corrected chi connectivity index (χ2v) is 5.18. The van der Waals surface area contributed by atoms with E-state index in [1.165, 1.54) is 24.3 Å². The Labute approximate surface area is 128 Å². The number of hydrogen-bond donors (Lipinski definition) is 1. The van der Waals surface area contributed by atoms with E-state index in [1.54, 1.807) is 19.1 Å². The van der Waals surface area contributed by atoms with Gasteiger partial charge in [0.05, 0.1) is 11.0 Å². The minimum absolute atomic E-state index is 0.00220. The van der Waals surface area contributed by atoms with Crippen molar-refractivity contribution in [2.75, 3.05) is 0 Å². The number of carboxylic acids is 1. The van der Waals surface area contributed by atoms with Gasteiger partial charge in [-0.05, 0) is 24.6 Å². The summed E-state index contributed by atoms with van der Waals surface area (Å²) in [4.78, 5) is 21.5. The number of benzene rings is 2. The average Bonchev–Trinajstić information content (AvgIpc) is 2.40. The number of carboxylic acid groups (broad SMARTS) is 1. The number of carbonyl (C=O) groups is 1. The molecule has 0 aliphatic rings. The van der Waals surface area contributed by atoms with Gasteiger partial charge in [0.15, 0.2) is 0 Å². The highest BCUT2D eigenvalue weighted by molar-refractivity contribution is 9.10. The number of nitro groups is 1. The van der Waals surface area contributed by atoms with E-state index in [2.05, 4.69) is 15.9 Å². The molecule has 0 radical (unpaired) electrons. The summed E-state index contributed by atoms with van der Waals surface area (Å²) in [7, 11) is 0. The maximum Gasteiger partial charge on any atom is 0.339 e. The Morgan fingerprint density at radius 1 is 1.33 bits per heavy atom. The molecule has 6 nitrogen and oxygen atoms in total. The molecule has 108 valence electrons. The number of nitro benzene ring substituents is 1. The lowest BCUT2D eigenvalue weighted by Gasteiger charge is -2.11. The molecule has 2 aromatic carbocycles. The first-order valence-electron chi connectivity index (χ1n) is 5.84. The SMILES string of the molecule is Cc1cccc(C(=O)O)c1Oc1cc(Br)cc([N+](=O)[O-])c1. The summed E-state index contributed by atoms with van der Waals surface area (Å²) in [6, 6.07) is 8.83. The van der Waals surface area contributed by atoms with Crippen LogP contribution in [0.25, 0.3) is 0 Å². The summed E-state index contributed by atoms with van der Waals surface area (Å²) in [5.41, 5.74) is 0.472. The minimum atomic E-state index is -1.13. The first kappa shape index (κ1) is 15.0. The Morgan fingerprint density at radius 2 is 2.05 bits per heavy atom. The van der Waals surface area contributed by atoms with E-state index < -0.39 is 10.9 Å². The summed E-state index contributed by atoms with van der Waals surface area (Å²) in [6.45, 7) is 1.70. The topological polar surface area (TPSA) is 89.7 Å². The molecule has 2 aromatic rings. The second kappa shape index (κ2) is 5.92. The number of aromatic carboxylic acids is 1. The molecule has 1 N–H and O–H groups in total. The first-order chi connectivity index (χ1) is 9.88. The van der Waals surface area contributed by atoms with E-state index in [4.69, 9.17) is 9.84 Å². The van der Waals surface area contributed by atoms with E-state index in [-0.39, 0.29) is 22.7 Å². The van der Waals surface area contributed by atoms with Crippen molar-refractivity contribution < 1.29 is 19.6 Å². The van der Waals surface area contributed by atoms with Crippen LogP contribution in [0.3, 0.4) is 0 Å². The molecule has 0 bridgehead atoms. The maximum absolute atomic E-state index is 11.2. The van der Waals surface area contributed by atoms with Gasteiger partial charge in [-0.1, -0.05) is 28.1 Å². The summed E-state index contributed by atoms with van der Waals surface area (Å²) in [6.07, 6.45) is 0. The van der Waals surface area contributed by atoms with Gasteiger partial charge < -0.3 is 9.84 Å². The third-order valence-electron chi connectivity index (χ3n) is 2.73. The Hall–Kier alpha value is -2.41. The van der Waals surface area contributed by atoms with Gasteiger partial charge in [-0.2, -0.15) is 0 Å². The fourth-order valence-corrected chi connectivity index (χ4v) is 2.25. The number of hydrogen-bond acceptors (Lipinski definition) is 4. The molecule has 0 amide bonds. The van der Waals surface area contributed by atoms with E-state index in [0.717, 1.165) is 0 Å². The largest absolute Gasteiger partial charge is 0.478 e. The van der Waals surface area contributed by atoms with Crippen LogP contribution in [0, 0.1) is 17.0 Å². The molecule has 0 fully saturated rings. The van der Waals surface area contributed by atoms with Crippen LogP contribution >= 0.6 is 15.9 Å². The summed E-state index contributed by atoms with van der Waals surface area (Å²) < 4.78 is 6.03. The van der Waals surface area contributed by atoms with Gasteiger partial charge in [0.1, 0.15) is 17.1 Å². The van der Waals surface area contributed by atoms with Crippen LogP contribution in [0.1, 0.15) is 15.9 Å². The fourth-order valence-electron chi connectivity index (χ4n) is 1.79. The summed E-state index contributed by atoms with van der Waals surface area (Å²) in [5.74, 6) is -0.775. The minimum Gasteiger partial charge on any atom is -0.478 e. The third-order valence-corrected chi connectivity index (χ3v) is 3.19. The lowest BCUT2D eigenvalue weighted by Crippen LogP contribution is -2.01. The molecular formula is C14H10BrNO5. The number of halogens is 1. The van der Waals surface area contributed by atoms with Crippen LogP contribution in [0.2, 0.25) is 0 Å². The molecule has 0 unspecified atom stereocenters. The van der Waals surface area contributed by atoms with E-state index >= 15 is 0 Å². The monoisotopic (exact) mass is 351 g/mol. The summed E-state index contributed by atoms with van der Waals surface area (Å²) in [5, 5.41) is 20.0. The van der Waals surface area contributed by atoms with Crippen molar-refractivity contribution in [2.45, 2.75) is 6.92 Å². The van der Waals surface area contributed by atoms with Gasteiger partial charge in [-0.3, -0.25) is 10.1 Å². The van der Waals surface area contributed by atoms with E-state index in [9.17, 15) is 14.9 Å². The molecule has 0 aliphatic carbocycles. The predicted molar refractivity (Wildman–Crippen MR) is 79.0 cm³/mol. The molecule has 21 heavy (non-hydrogen) atoms. The number of nitrogens with zero attached hydrogens (tertiary/aromatic N) is 1. The highest BCUT2D eigenvalue weighted by Gasteiger charge is 2.16. The van der Waals surface area contributed by atoms with Gasteiger partial charge in [-0.15, -0.1) is 0 Å². The number of rotatable bonds is 4. The normalized spacial score (nSPS) is 10.2.